The van der Waals surface area contributed by atoms with E-state index in [9.17, 15) is 9.59 Å². The van der Waals surface area contributed by atoms with Gasteiger partial charge in [0, 0.05) is 0 Å². The van der Waals surface area contributed by atoms with E-state index in [2.05, 4.69) is 11.9 Å². The van der Waals surface area contributed by atoms with Crippen molar-refractivity contribution in [3.8, 4) is 0 Å². The molecule has 0 aliphatic carbocycles. The van der Waals surface area contributed by atoms with E-state index in [1.54, 1.807) is 0 Å². The maximum absolute atomic E-state index is 11.0. The van der Waals surface area contributed by atoms with Gasteiger partial charge in [-0.15, -0.1) is 0 Å². The number of carbonyl (C=O) groups excluding carboxylic acids is 1. The number of amides is 1. The molecule has 0 bridgehead atoms. The topological polar surface area (TPSA) is 66.4 Å². The fraction of sp³-hybridized carbons (Fsp3) is 0.600. The van der Waals surface area contributed by atoms with Crippen LogP contribution < -0.4 is 5.32 Å². The van der Waals surface area contributed by atoms with Gasteiger partial charge < -0.3 is 10.4 Å². The Balaban J connectivity index is 2.45. The van der Waals surface area contributed by atoms with Crippen molar-refractivity contribution in [1.82, 2.24) is 5.32 Å². The van der Waals surface area contributed by atoms with E-state index in [4.69, 9.17) is 5.11 Å². The van der Waals surface area contributed by atoms with Crippen LogP contribution in [0, 0.1) is 5.92 Å². The molecule has 0 spiro atoms. The normalized spacial score (nSPS) is 22.0. The van der Waals surface area contributed by atoms with Gasteiger partial charge in [0.2, 0.25) is 5.91 Å². The van der Waals surface area contributed by atoms with Crippen LogP contribution in [-0.2, 0) is 9.59 Å². The number of rotatable bonds is 5. The molecule has 0 aromatic rings. The molecule has 84 valence electrons. The smallest absolute Gasteiger partial charge is 0.326 e. The van der Waals surface area contributed by atoms with Crippen LogP contribution in [0.5, 0.6) is 0 Å². The summed E-state index contributed by atoms with van der Waals surface area (Å²) in [7, 11) is 0. The largest absolute Gasteiger partial charge is 0.480 e. The Morgan fingerprint density at radius 2 is 2.40 bits per heavy atom. The van der Waals surface area contributed by atoms with Crippen LogP contribution in [0.4, 0.5) is 0 Å². The molecule has 15 heavy (non-hydrogen) atoms. The minimum Gasteiger partial charge on any atom is -0.480 e. The fourth-order valence-corrected chi connectivity index (χ4v) is 2.86. The third-order valence-corrected chi connectivity index (χ3v) is 3.62. The second kappa shape index (κ2) is 5.80. The van der Waals surface area contributed by atoms with Crippen LogP contribution in [0.2, 0.25) is 0 Å². The molecular weight excluding hydrogens is 214 g/mol. The molecule has 4 nitrogen and oxygen atoms in total. The van der Waals surface area contributed by atoms with E-state index in [1.807, 2.05) is 11.8 Å². The van der Waals surface area contributed by atoms with E-state index in [0.29, 0.717) is 12.3 Å². The predicted octanol–water partition coefficient (Wildman–Crippen LogP) is 0.885. The molecule has 0 saturated carbocycles. The molecule has 1 aliphatic rings. The van der Waals surface area contributed by atoms with Gasteiger partial charge in [-0.3, -0.25) is 4.79 Å². The van der Waals surface area contributed by atoms with E-state index in [1.165, 1.54) is 0 Å². The first-order valence-corrected chi connectivity index (χ1v) is 6.02. The molecule has 1 aliphatic heterocycles. The highest BCUT2D eigenvalue weighted by Crippen LogP contribution is 2.27. The van der Waals surface area contributed by atoms with Crippen LogP contribution in [0.1, 0.15) is 12.8 Å². The van der Waals surface area contributed by atoms with Crippen molar-refractivity contribution in [1.29, 1.82) is 0 Å². The number of nitrogens with one attached hydrogen (secondary N) is 1. The average molecular weight is 229 g/mol. The van der Waals surface area contributed by atoms with Crippen LogP contribution >= 0.6 is 11.8 Å². The SMILES string of the molecule is C=CC(=O)NC(CC1CCSC1)C(=O)O. The minimum absolute atomic E-state index is 0.404. The van der Waals surface area contributed by atoms with Crippen molar-refractivity contribution in [3.05, 3.63) is 12.7 Å². The molecule has 0 radical (unpaired) electrons. The van der Waals surface area contributed by atoms with Crippen LogP contribution in [-0.4, -0.2) is 34.5 Å². The van der Waals surface area contributed by atoms with Crippen LogP contribution in [0.25, 0.3) is 0 Å². The third-order valence-electron chi connectivity index (χ3n) is 2.39. The molecule has 0 aromatic heterocycles. The van der Waals surface area contributed by atoms with Crippen LogP contribution in [0.15, 0.2) is 12.7 Å². The maximum atomic E-state index is 11.0. The Hall–Kier alpha value is -0.970. The monoisotopic (exact) mass is 229 g/mol. The quantitative estimate of drug-likeness (QED) is 0.687. The molecule has 2 N–H and O–H groups in total. The molecule has 1 saturated heterocycles. The lowest BCUT2D eigenvalue weighted by Crippen LogP contribution is -2.41. The summed E-state index contributed by atoms with van der Waals surface area (Å²) in [6.07, 6.45) is 2.65. The molecule has 1 heterocycles. The summed E-state index contributed by atoms with van der Waals surface area (Å²) >= 11 is 1.83. The highest BCUT2D eigenvalue weighted by atomic mass is 32.2. The molecule has 1 amide bonds. The third kappa shape index (κ3) is 3.95. The first-order valence-electron chi connectivity index (χ1n) is 4.87. The van der Waals surface area contributed by atoms with Gasteiger partial charge in [-0.05, 0) is 36.3 Å². The molecular formula is C10H15NO3S. The number of carboxylic acid groups (broad SMARTS) is 1. The molecule has 1 fully saturated rings. The number of thioether (sulfide) groups is 1. The Kier molecular flexibility index (Phi) is 4.68. The lowest BCUT2D eigenvalue weighted by Gasteiger charge is -2.16. The lowest BCUT2D eigenvalue weighted by molar-refractivity contribution is -0.141. The number of carbonyl (C=O) groups is 2. The van der Waals surface area contributed by atoms with Gasteiger partial charge in [0.15, 0.2) is 0 Å². The number of aliphatic carboxylic acids is 1. The Morgan fingerprint density at radius 1 is 1.67 bits per heavy atom. The van der Waals surface area contributed by atoms with Crippen molar-refractivity contribution in [3.63, 3.8) is 0 Å². The van der Waals surface area contributed by atoms with Gasteiger partial charge in [0.1, 0.15) is 6.04 Å². The average Bonchev–Trinajstić information content (AvgIpc) is 2.69. The van der Waals surface area contributed by atoms with Crippen LogP contribution in [0.3, 0.4) is 0 Å². The Morgan fingerprint density at radius 3 is 2.87 bits per heavy atom. The highest BCUT2D eigenvalue weighted by Gasteiger charge is 2.25. The summed E-state index contributed by atoms with van der Waals surface area (Å²) in [6.45, 7) is 3.30. The van der Waals surface area contributed by atoms with E-state index in [0.717, 1.165) is 24.0 Å². The van der Waals surface area contributed by atoms with Gasteiger partial charge in [0.05, 0.1) is 0 Å². The molecule has 0 aromatic carbocycles. The highest BCUT2D eigenvalue weighted by molar-refractivity contribution is 7.99. The first-order chi connectivity index (χ1) is 7.13. The fourth-order valence-electron chi connectivity index (χ4n) is 1.55. The number of hydrogen-bond acceptors (Lipinski definition) is 3. The zero-order valence-corrected chi connectivity index (χ0v) is 9.26. The molecule has 2 atom stereocenters. The van der Waals surface area contributed by atoms with Crippen molar-refractivity contribution >= 4 is 23.6 Å². The molecule has 5 heteroatoms. The Labute approximate surface area is 93.1 Å². The van der Waals surface area contributed by atoms with Gasteiger partial charge in [0.25, 0.3) is 0 Å². The maximum Gasteiger partial charge on any atom is 0.326 e. The standard InChI is InChI=1S/C10H15NO3S/c1-2-9(12)11-8(10(13)14)5-7-3-4-15-6-7/h2,7-8H,1,3-6H2,(H,11,12)(H,13,14). The predicted molar refractivity (Wildman–Crippen MR) is 59.8 cm³/mol. The summed E-state index contributed by atoms with van der Waals surface area (Å²) in [5.74, 6) is 1.09. The second-order valence-corrected chi connectivity index (χ2v) is 4.72. The van der Waals surface area contributed by atoms with Gasteiger partial charge in [-0.1, -0.05) is 6.58 Å². The summed E-state index contributed by atoms with van der Waals surface area (Å²) in [5, 5.41) is 11.3. The lowest BCUT2D eigenvalue weighted by atomic mass is 9.99. The molecule has 1 rings (SSSR count). The van der Waals surface area contributed by atoms with Gasteiger partial charge >= 0.3 is 5.97 Å². The van der Waals surface area contributed by atoms with Crippen molar-refractivity contribution in [2.45, 2.75) is 18.9 Å². The van der Waals surface area contributed by atoms with Crippen molar-refractivity contribution in [2.24, 2.45) is 5.92 Å². The summed E-state index contributed by atoms with van der Waals surface area (Å²) in [5.41, 5.74) is 0. The van der Waals surface area contributed by atoms with Crippen molar-refractivity contribution < 1.29 is 14.7 Å². The van der Waals surface area contributed by atoms with Gasteiger partial charge in [-0.2, -0.15) is 11.8 Å². The molecule has 2 unspecified atom stereocenters. The second-order valence-electron chi connectivity index (χ2n) is 3.57. The summed E-state index contributed by atoms with van der Waals surface area (Å²) in [6, 6.07) is -0.779. The van der Waals surface area contributed by atoms with Crippen molar-refractivity contribution in [2.75, 3.05) is 11.5 Å². The van der Waals surface area contributed by atoms with E-state index in [-0.39, 0.29) is 0 Å². The zero-order valence-electron chi connectivity index (χ0n) is 8.44. The minimum atomic E-state index is -0.970. The summed E-state index contributed by atoms with van der Waals surface area (Å²) in [4.78, 5) is 21.9. The first kappa shape index (κ1) is 12.1. The number of carboxylic acids is 1. The number of hydrogen-bond donors (Lipinski definition) is 2. The zero-order chi connectivity index (χ0) is 11.3. The van der Waals surface area contributed by atoms with E-state index >= 15 is 0 Å². The van der Waals surface area contributed by atoms with E-state index < -0.39 is 17.9 Å². The van der Waals surface area contributed by atoms with Gasteiger partial charge in [-0.25, -0.2) is 4.79 Å². The summed E-state index contributed by atoms with van der Waals surface area (Å²) < 4.78 is 0. The Bertz CT molecular complexity index is 261.